The van der Waals surface area contributed by atoms with Crippen LogP contribution in [0.25, 0.3) is 0 Å². The fraction of sp³-hybridized carbons (Fsp3) is 0.562. The molecule has 2 rings (SSSR count). The maximum absolute atomic E-state index is 12.2. The first-order chi connectivity index (χ1) is 10.0. The highest BCUT2D eigenvalue weighted by Crippen LogP contribution is 2.18. The van der Waals surface area contributed by atoms with Gasteiger partial charge in [-0.2, -0.15) is 0 Å². The van der Waals surface area contributed by atoms with Gasteiger partial charge in [-0.05, 0) is 25.5 Å². The zero-order valence-corrected chi connectivity index (χ0v) is 13.6. The minimum Gasteiger partial charge on any atom is -0.378 e. The molecule has 0 aliphatic carbocycles. The zero-order valence-electron chi connectivity index (χ0n) is 12.8. The predicted molar refractivity (Wildman–Crippen MR) is 84.6 cm³/mol. The smallest absolute Gasteiger partial charge is 0.224 e. The highest BCUT2D eigenvalue weighted by molar-refractivity contribution is 6.31. The Labute approximate surface area is 131 Å². The van der Waals surface area contributed by atoms with E-state index < -0.39 is 0 Å². The molecule has 1 aromatic carbocycles. The van der Waals surface area contributed by atoms with Crippen molar-refractivity contribution in [3.05, 3.63) is 34.9 Å². The molecule has 116 valence electrons. The van der Waals surface area contributed by atoms with Crippen molar-refractivity contribution < 1.29 is 9.53 Å². The summed E-state index contributed by atoms with van der Waals surface area (Å²) in [5.41, 5.74) is 0.851. The molecule has 21 heavy (non-hydrogen) atoms. The molecular weight excluding hydrogens is 288 g/mol. The van der Waals surface area contributed by atoms with Crippen molar-refractivity contribution in [1.29, 1.82) is 0 Å². The van der Waals surface area contributed by atoms with E-state index in [1.807, 2.05) is 18.2 Å². The van der Waals surface area contributed by atoms with Crippen LogP contribution >= 0.6 is 11.6 Å². The van der Waals surface area contributed by atoms with Gasteiger partial charge in [0.1, 0.15) is 0 Å². The average molecular weight is 311 g/mol. The fourth-order valence-corrected chi connectivity index (χ4v) is 2.88. The number of nitrogens with zero attached hydrogens (tertiary/aromatic N) is 1. The van der Waals surface area contributed by atoms with Crippen molar-refractivity contribution in [2.45, 2.75) is 38.5 Å². The highest BCUT2D eigenvalue weighted by atomic mass is 35.5. The third kappa shape index (κ3) is 4.19. The first-order valence-electron chi connectivity index (χ1n) is 7.31. The second kappa shape index (κ2) is 7.25. The molecule has 1 saturated heterocycles. The SMILES string of the molecule is CO[C@H]1CN(C(C)C)C[C@@H]1NC(=O)Cc1ccccc1Cl. The van der Waals surface area contributed by atoms with Gasteiger partial charge in [0.25, 0.3) is 0 Å². The van der Waals surface area contributed by atoms with E-state index >= 15 is 0 Å². The number of benzene rings is 1. The number of amides is 1. The van der Waals surface area contributed by atoms with Gasteiger partial charge >= 0.3 is 0 Å². The lowest BCUT2D eigenvalue weighted by atomic mass is 10.1. The Morgan fingerprint density at radius 3 is 2.76 bits per heavy atom. The molecule has 1 amide bonds. The van der Waals surface area contributed by atoms with Crippen LogP contribution < -0.4 is 5.32 Å². The summed E-state index contributed by atoms with van der Waals surface area (Å²) in [4.78, 5) is 14.5. The van der Waals surface area contributed by atoms with Gasteiger partial charge in [-0.3, -0.25) is 9.69 Å². The van der Waals surface area contributed by atoms with E-state index in [1.165, 1.54) is 0 Å². The molecule has 1 aliphatic heterocycles. The number of carbonyl (C=O) groups excluding carboxylic acids is 1. The van der Waals surface area contributed by atoms with Crippen LogP contribution in [-0.4, -0.2) is 49.2 Å². The van der Waals surface area contributed by atoms with E-state index in [0.29, 0.717) is 17.5 Å². The monoisotopic (exact) mass is 310 g/mol. The summed E-state index contributed by atoms with van der Waals surface area (Å²) >= 11 is 6.09. The van der Waals surface area contributed by atoms with Crippen molar-refractivity contribution in [3.63, 3.8) is 0 Å². The molecule has 5 heteroatoms. The van der Waals surface area contributed by atoms with Crippen molar-refractivity contribution in [1.82, 2.24) is 10.2 Å². The lowest BCUT2D eigenvalue weighted by molar-refractivity contribution is -0.121. The average Bonchev–Trinajstić information content (AvgIpc) is 2.84. The second-order valence-electron chi connectivity index (χ2n) is 5.76. The molecule has 0 bridgehead atoms. The molecule has 0 spiro atoms. The van der Waals surface area contributed by atoms with E-state index in [4.69, 9.17) is 16.3 Å². The lowest BCUT2D eigenvalue weighted by Gasteiger charge is -2.20. The Morgan fingerprint density at radius 2 is 2.14 bits per heavy atom. The van der Waals surface area contributed by atoms with Crippen LogP contribution in [0.2, 0.25) is 5.02 Å². The fourth-order valence-electron chi connectivity index (χ4n) is 2.67. The van der Waals surface area contributed by atoms with Gasteiger partial charge < -0.3 is 10.1 Å². The molecule has 4 nitrogen and oxygen atoms in total. The molecule has 0 unspecified atom stereocenters. The van der Waals surface area contributed by atoms with Crippen LogP contribution in [-0.2, 0) is 16.0 Å². The van der Waals surface area contributed by atoms with E-state index in [9.17, 15) is 4.79 Å². The first kappa shape index (κ1) is 16.3. The number of halogens is 1. The summed E-state index contributed by atoms with van der Waals surface area (Å²) in [6, 6.07) is 7.92. The standard InChI is InChI=1S/C16H23ClN2O2/c1-11(2)19-9-14(15(10-19)21-3)18-16(20)8-12-6-4-5-7-13(12)17/h4-7,11,14-15H,8-10H2,1-3H3,(H,18,20)/t14-,15-/m0/s1. The zero-order chi connectivity index (χ0) is 15.4. The van der Waals surface area contributed by atoms with E-state index in [-0.39, 0.29) is 18.1 Å². The Morgan fingerprint density at radius 1 is 1.43 bits per heavy atom. The molecule has 0 radical (unpaired) electrons. The number of ether oxygens (including phenoxy) is 1. The molecule has 2 atom stereocenters. The number of hydrogen-bond donors (Lipinski definition) is 1. The second-order valence-corrected chi connectivity index (χ2v) is 6.17. The third-order valence-electron chi connectivity index (χ3n) is 3.98. The number of nitrogens with one attached hydrogen (secondary N) is 1. The normalized spacial score (nSPS) is 22.7. The summed E-state index contributed by atoms with van der Waals surface area (Å²) in [7, 11) is 1.70. The van der Waals surface area contributed by atoms with Crippen molar-refractivity contribution in [3.8, 4) is 0 Å². The van der Waals surface area contributed by atoms with Crippen LogP contribution in [0, 0.1) is 0 Å². The Bertz CT molecular complexity index is 493. The van der Waals surface area contributed by atoms with Crippen molar-refractivity contribution >= 4 is 17.5 Å². The number of methoxy groups -OCH3 is 1. The van der Waals surface area contributed by atoms with E-state index in [0.717, 1.165) is 18.7 Å². The maximum Gasteiger partial charge on any atom is 0.224 e. The van der Waals surface area contributed by atoms with Gasteiger partial charge in [0.2, 0.25) is 5.91 Å². The van der Waals surface area contributed by atoms with E-state index in [1.54, 1.807) is 13.2 Å². The lowest BCUT2D eigenvalue weighted by Crippen LogP contribution is -2.44. The molecule has 1 N–H and O–H groups in total. The summed E-state index contributed by atoms with van der Waals surface area (Å²) < 4.78 is 5.50. The van der Waals surface area contributed by atoms with Gasteiger partial charge in [0.15, 0.2) is 0 Å². The van der Waals surface area contributed by atoms with Gasteiger partial charge in [0, 0.05) is 31.3 Å². The highest BCUT2D eigenvalue weighted by Gasteiger charge is 2.34. The summed E-state index contributed by atoms with van der Waals surface area (Å²) in [6.07, 6.45) is 0.344. The van der Waals surface area contributed by atoms with Gasteiger partial charge in [-0.15, -0.1) is 0 Å². The largest absolute Gasteiger partial charge is 0.378 e. The van der Waals surface area contributed by atoms with Gasteiger partial charge in [-0.1, -0.05) is 29.8 Å². The van der Waals surface area contributed by atoms with Crippen LogP contribution in [0.1, 0.15) is 19.4 Å². The first-order valence-corrected chi connectivity index (χ1v) is 7.68. The third-order valence-corrected chi connectivity index (χ3v) is 4.35. The molecule has 1 aliphatic rings. The minimum absolute atomic E-state index is 0.0132. The molecule has 1 heterocycles. The number of hydrogen-bond acceptors (Lipinski definition) is 3. The summed E-state index contributed by atoms with van der Waals surface area (Å²) in [5, 5.41) is 3.71. The Balaban J connectivity index is 1.94. The number of likely N-dealkylation sites (tertiary alicyclic amines) is 1. The molecular formula is C16H23ClN2O2. The summed E-state index contributed by atoms with van der Waals surface area (Å²) in [6.45, 7) is 5.98. The van der Waals surface area contributed by atoms with Gasteiger partial charge in [-0.25, -0.2) is 0 Å². The van der Waals surface area contributed by atoms with Crippen LogP contribution in [0.3, 0.4) is 0 Å². The molecule has 1 fully saturated rings. The van der Waals surface area contributed by atoms with Crippen molar-refractivity contribution in [2.24, 2.45) is 0 Å². The topological polar surface area (TPSA) is 41.6 Å². The Hall–Kier alpha value is -1.10. The Kier molecular flexibility index (Phi) is 5.62. The van der Waals surface area contributed by atoms with Gasteiger partial charge in [0.05, 0.1) is 18.6 Å². The van der Waals surface area contributed by atoms with Crippen LogP contribution in [0.5, 0.6) is 0 Å². The minimum atomic E-state index is -0.0132. The molecule has 0 aromatic heterocycles. The number of carbonyl (C=O) groups is 1. The molecule has 0 saturated carbocycles. The van der Waals surface area contributed by atoms with Crippen LogP contribution in [0.15, 0.2) is 24.3 Å². The van der Waals surface area contributed by atoms with E-state index in [2.05, 4.69) is 24.1 Å². The van der Waals surface area contributed by atoms with Crippen molar-refractivity contribution in [2.75, 3.05) is 20.2 Å². The number of rotatable bonds is 5. The summed E-state index contributed by atoms with van der Waals surface area (Å²) in [5.74, 6) is -0.0132. The quantitative estimate of drug-likeness (QED) is 0.905. The molecule has 1 aromatic rings. The predicted octanol–water partition coefficient (Wildman–Crippen LogP) is 2.11. The van der Waals surface area contributed by atoms with Crippen LogP contribution in [0.4, 0.5) is 0 Å². The maximum atomic E-state index is 12.2.